The van der Waals surface area contributed by atoms with Crippen LogP contribution in [0, 0.1) is 40.5 Å². The number of hydrogen-bond acceptors (Lipinski definition) is 2. The van der Waals surface area contributed by atoms with Crippen LogP contribution in [0.4, 0.5) is 0 Å². The normalized spacial score (nSPS) is 10.5. The first-order valence-electron chi connectivity index (χ1n) is 23.6. The van der Waals surface area contributed by atoms with Gasteiger partial charge in [0.1, 0.15) is 11.6 Å². The molecule has 0 spiro atoms. The van der Waals surface area contributed by atoms with Crippen LogP contribution in [0.1, 0.15) is 196 Å². The van der Waals surface area contributed by atoms with Crippen molar-refractivity contribution in [2.75, 3.05) is 0 Å². The van der Waals surface area contributed by atoms with Crippen LogP contribution in [0.3, 0.4) is 0 Å². The van der Waals surface area contributed by atoms with E-state index in [1.54, 1.807) is 26.0 Å². The fourth-order valence-electron chi connectivity index (χ4n) is 4.32. The molecule has 0 unspecified atom stereocenters. The maximum atomic E-state index is 10.6. The number of carbonyl (C=O) groups excluding carboxylic acids is 2. The topological polar surface area (TPSA) is 34.1 Å². The number of rotatable bonds is 32. The molecule has 3 radical (unpaired) electrons. The Bertz CT molecular complexity index is 1150. The van der Waals surface area contributed by atoms with Gasteiger partial charge in [-0.3, -0.25) is 19.7 Å². The van der Waals surface area contributed by atoms with E-state index >= 15 is 0 Å². The Morgan fingerprint density at radius 1 is 0.391 bits per heavy atom. The minimum absolute atomic E-state index is 0. The van der Waals surface area contributed by atoms with Crippen LogP contribution < -0.4 is 0 Å². The molecule has 0 aromatic rings. The van der Waals surface area contributed by atoms with Gasteiger partial charge in [0.15, 0.2) is 0 Å². The van der Waals surface area contributed by atoms with Crippen LogP contribution in [-0.4, -0.2) is 11.6 Å². The molecule has 0 heterocycles. The first kappa shape index (κ1) is 83.4. The van der Waals surface area contributed by atoms with Crippen molar-refractivity contribution in [1.29, 1.82) is 0 Å². The van der Waals surface area contributed by atoms with Gasteiger partial charge in [-0.05, 0) is 84.5 Å². The predicted octanol–water partition coefficient (Wildman–Crippen LogP) is 19.0. The van der Waals surface area contributed by atoms with E-state index < -0.39 is 0 Å². The average molecular weight is 1100 g/mol. The number of ketones is 2. The number of unbranched alkanes of at least 4 members (excludes halogenated alkanes) is 11. The molecule has 0 N–H and O–H groups in total. The second kappa shape index (κ2) is 92.6. The van der Waals surface area contributed by atoms with Crippen molar-refractivity contribution in [2.24, 2.45) is 0 Å². The van der Waals surface area contributed by atoms with Gasteiger partial charge in [0, 0.05) is 105 Å². The summed E-state index contributed by atoms with van der Waals surface area (Å²) in [6.45, 7) is 38.4. The Balaban J connectivity index is -0.0000000833. The molecule has 0 atom stereocenters. The number of hydrogen-bond donors (Lipinski definition) is 0. The summed E-state index contributed by atoms with van der Waals surface area (Å²) >= 11 is 0. The fourth-order valence-corrected chi connectivity index (χ4v) is 4.32. The molecule has 5 heteroatoms. The molecule has 0 aliphatic heterocycles. The van der Waals surface area contributed by atoms with Crippen molar-refractivity contribution >= 4 is 11.6 Å². The van der Waals surface area contributed by atoms with Crippen LogP contribution in [0.25, 0.3) is 0 Å². The number of carbonyl (C=O) groups is 2. The molecule has 0 saturated heterocycles. The first-order valence-corrected chi connectivity index (χ1v) is 23.6. The first-order chi connectivity index (χ1) is 29.7. The molecular formula is C59H96O2Y3-6. The van der Waals surface area contributed by atoms with Gasteiger partial charge in [-0.25, -0.2) is 55.5 Å². The van der Waals surface area contributed by atoms with Gasteiger partial charge in [-0.15, -0.1) is 6.42 Å². The van der Waals surface area contributed by atoms with E-state index in [1.807, 2.05) is 42.5 Å². The average Bonchev–Trinajstić information content (AvgIpc) is 3.24. The van der Waals surface area contributed by atoms with E-state index in [-0.39, 0.29) is 110 Å². The van der Waals surface area contributed by atoms with Gasteiger partial charge in [-0.1, -0.05) is 146 Å². The second-order valence-electron chi connectivity index (χ2n) is 14.1. The Morgan fingerprint density at radius 3 is 0.969 bits per heavy atom. The van der Waals surface area contributed by atoms with Gasteiger partial charge in [0.05, 0.1) is 0 Å². The molecule has 2 nitrogen and oxygen atoms in total. The van der Waals surface area contributed by atoms with Crippen LogP contribution in [0.15, 0.2) is 128 Å². The van der Waals surface area contributed by atoms with Gasteiger partial charge < -0.3 is 23.4 Å². The third-order valence-electron chi connectivity index (χ3n) is 7.81. The molecule has 0 aliphatic rings. The molecule has 0 aromatic carbocycles. The fraction of sp³-hybridized carbons (Fsp3) is 0.508. The summed E-state index contributed by atoms with van der Waals surface area (Å²) in [4.78, 5) is 20.6. The maximum Gasteiger partial charge on any atom is 0.129 e. The largest absolute Gasteiger partial charge is 0.343 e. The van der Waals surface area contributed by atoms with E-state index in [4.69, 9.17) is 19.7 Å². The van der Waals surface area contributed by atoms with Gasteiger partial charge in [0.2, 0.25) is 0 Å². The zero-order valence-electron chi connectivity index (χ0n) is 42.5. The van der Waals surface area contributed by atoms with E-state index in [2.05, 4.69) is 115 Å². The quantitative estimate of drug-likeness (QED) is 0.0291. The van der Waals surface area contributed by atoms with E-state index in [0.717, 1.165) is 57.8 Å². The molecule has 0 amide bonds. The third-order valence-corrected chi connectivity index (χ3v) is 7.81. The maximum absolute atomic E-state index is 10.6. The van der Waals surface area contributed by atoms with E-state index in [1.165, 1.54) is 89.5 Å². The summed E-state index contributed by atoms with van der Waals surface area (Å²) in [7, 11) is 0. The summed E-state index contributed by atoms with van der Waals surface area (Å²) in [5.41, 5.74) is 0. The van der Waals surface area contributed by atoms with Crippen LogP contribution in [0.5, 0.6) is 0 Å². The zero-order valence-corrected chi connectivity index (χ0v) is 51.0. The molecule has 359 valence electrons. The predicted molar refractivity (Wildman–Crippen MR) is 280 cm³/mol. The van der Waals surface area contributed by atoms with Crippen molar-refractivity contribution in [1.82, 2.24) is 0 Å². The van der Waals surface area contributed by atoms with Gasteiger partial charge in [0.25, 0.3) is 0 Å². The number of allylic oxidation sites excluding steroid dienone is 21. The summed E-state index contributed by atoms with van der Waals surface area (Å²) in [5, 5.41) is 0. The van der Waals surface area contributed by atoms with Crippen LogP contribution in [0.2, 0.25) is 0 Å². The van der Waals surface area contributed by atoms with Crippen molar-refractivity contribution in [3.05, 3.63) is 168 Å². The minimum Gasteiger partial charge on any atom is -0.343 e. The molecular weight excluding hydrogens is 1010 g/mol. The molecule has 0 fully saturated rings. The Hall–Kier alpha value is -0.598. The Morgan fingerprint density at radius 2 is 0.703 bits per heavy atom. The Labute approximate surface area is 477 Å². The molecule has 0 bridgehead atoms. The third kappa shape index (κ3) is 125. The van der Waals surface area contributed by atoms with Crippen molar-refractivity contribution < 1.29 is 108 Å². The van der Waals surface area contributed by atoms with Crippen molar-refractivity contribution in [3.8, 4) is 0 Å². The molecule has 0 aromatic heterocycles. The van der Waals surface area contributed by atoms with Crippen LogP contribution >= 0.6 is 0 Å². The van der Waals surface area contributed by atoms with Gasteiger partial charge in [-0.2, -0.15) is 31.1 Å². The zero-order chi connectivity index (χ0) is 47.0. The number of Topliss-reactive ketones (excluding diaryl/α,β-unsaturated/α-hetero) is 2. The Kier molecular flexibility index (Phi) is 121. The summed E-state index contributed by atoms with van der Waals surface area (Å²) < 4.78 is 0. The minimum atomic E-state index is 0. The monoisotopic (exact) mass is 1100 g/mol. The molecule has 64 heavy (non-hydrogen) atoms. The molecule has 0 rings (SSSR count). The smallest absolute Gasteiger partial charge is 0.129 e. The van der Waals surface area contributed by atoms with Crippen molar-refractivity contribution in [2.45, 2.75) is 196 Å². The van der Waals surface area contributed by atoms with Crippen LogP contribution in [-0.2, 0) is 108 Å². The molecule has 0 saturated carbocycles. The second-order valence-corrected chi connectivity index (χ2v) is 14.1. The summed E-state index contributed by atoms with van der Waals surface area (Å²) in [6.07, 6.45) is 68.9. The SMILES string of the molecule is [CH-]=C/C=C\C/C=C\C/C=C\CCCC.[CH-]=C/C=C\C/C=C\C/C=C\CCCCC.[CH-]=C/C=C\C/C=C\CCCC(C)=O.[CH2-]/C=C\CCCCC.[CH2-]CCC(C)=O.[CH2-]CCCC.[Y].[Y].[Y]. The summed E-state index contributed by atoms with van der Waals surface area (Å²) in [5.74, 6) is 0.496. The van der Waals surface area contributed by atoms with E-state index in [9.17, 15) is 9.59 Å². The van der Waals surface area contributed by atoms with Crippen molar-refractivity contribution in [3.63, 3.8) is 0 Å². The summed E-state index contributed by atoms with van der Waals surface area (Å²) in [6, 6.07) is 0. The standard InChI is InChI=1S/C15H23.C14H21.C12H17O.C8H15.C5H9O.C5H11.3Y/c1-3-5-7-9-11-13-15-14-12-10-8-6-4-2;1-3-5-7-9-11-13-14-12-10-8-6-4-2;1-3-4-5-6-7-8-9-10-11-12(2)13;1-3-5-7-8-6-4-2;1-3-4-5(2)6;1-3-5-4-2;;;/h1,3,5,7,11-14H,4,6,8-10,15H2,2H3;1,3,5,7,10-13H,4,6,8-9,14H2,2H3;1,3-5,7-8H,6,9-11H2,2H3;3,5H,1,4,6-8H2,2H3;1,3-4H2,2H3;1,3-5H2,2H3;;;/q6*-1;;;/b7-5-,13-11-,14-12-;7-5-,12-10-,13-11-;5-4-,8-7-;5-3-;;;;;. The molecule has 0 aliphatic carbocycles. The van der Waals surface area contributed by atoms with E-state index in [0.29, 0.717) is 12.8 Å². The van der Waals surface area contributed by atoms with Gasteiger partial charge >= 0.3 is 0 Å².